The van der Waals surface area contributed by atoms with Crippen LogP contribution >= 0.6 is 57.4 Å². The molecule has 0 spiro atoms. The Balaban J connectivity index is 1.86. The molecule has 0 amide bonds. The monoisotopic (exact) mass is 517 g/mol. The summed E-state index contributed by atoms with van der Waals surface area (Å²) in [6, 6.07) is 13.7. The molecule has 0 radical (unpaired) electrons. The first kappa shape index (κ1) is 19.5. The van der Waals surface area contributed by atoms with Crippen molar-refractivity contribution >= 4 is 69.3 Å². The summed E-state index contributed by atoms with van der Waals surface area (Å²) in [5.41, 5.74) is 7.79. The van der Waals surface area contributed by atoms with E-state index in [9.17, 15) is 0 Å². The number of benzene rings is 2. The van der Waals surface area contributed by atoms with Gasteiger partial charge in [-0.3, -0.25) is 5.43 Å². The fourth-order valence-electron chi connectivity index (χ4n) is 2.72. The molecule has 0 aliphatic heterocycles. The number of anilines is 1. The molecular weight excluding hydrogens is 503 g/mol. The summed E-state index contributed by atoms with van der Waals surface area (Å²) in [6.07, 6.45) is 1.76. The zero-order valence-electron chi connectivity index (χ0n) is 14.0. The molecule has 7 heteroatoms. The second-order valence-electron chi connectivity index (χ2n) is 5.75. The second-order valence-corrected chi connectivity index (χ2v) is 8.25. The minimum atomic E-state index is 0.420. The predicted octanol–water partition coefficient (Wildman–Crippen LogP) is 7.10. The summed E-state index contributed by atoms with van der Waals surface area (Å²) in [5.74, 6) is 0. The van der Waals surface area contributed by atoms with Crippen LogP contribution in [0.25, 0.3) is 5.69 Å². The predicted molar refractivity (Wildman–Crippen MR) is 121 cm³/mol. The third-order valence-electron chi connectivity index (χ3n) is 3.94. The average molecular weight is 519 g/mol. The fraction of sp³-hybridized carbons (Fsp3) is 0.105. The number of nitrogens with one attached hydrogen (secondary N) is 1. The molecule has 0 saturated carbocycles. The Morgan fingerprint density at radius 2 is 1.62 bits per heavy atom. The first-order valence-electron chi connectivity index (χ1n) is 7.75. The molecule has 1 N–H and O–H groups in total. The summed E-state index contributed by atoms with van der Waals surface area (Å²) >= 11 is 20.5. The number of nitrogens with zero attached hydrogens (tertiary/aromatic N) is 2. The lowest BCUT2D eigenvalue weighted by atomic mass is 10.2. The maximum atomic E-state index is 6.16. The van der Waals surface area contributed by atoms with Gasteiger partial charge in [0.15, 0.2) is 0 Å². The van der Waals surface area contributed by atoms with Crippen molar-refractivity contribution in [3.05, 3.63) is 78.1 Å². The number of hydrazone groups is 1. The molecule has 0 fully saturated rings. The molecule has 134 valence electrons. The van der Waals surface area contributed by atoms with Crippen molar-refractivity contribution in [2.75, 3.05) is 5.43 Å². The van der Waals surface area contributed by atoms with Crippen LogP contribution in [0.5, 0.6) is 0 Å². The molecule has 0 aliphatic carbocycles. The lowest BCUT2D eigenvalue weighted by Gasteiger charge is -2.09. The van der Waals surface area contributed by atoms with Gasteiger partial charge in [-0.15, -0.1) is 0 Å². The normalized spacial score (nSPS) is 11.3. The summed E-state index contributed by atoms with van der Waals surface area (Å²) in [4.78, 5) is 0. The van der Waals surface area contributed by atoms with E-state index in [4.69, 9.17) is 34.8 Å². The van der Waals surface area contributed by atoms with E-state index in [1.54, 1.807) is 18.3 Å². The zero-order valence-corrected chi connectivity index (χ0v) is 18.5. The Hall–Kier alpha value is -1.21. The van der Waals surface area contributed by atoms with E-state index < -0.39 is 0 Å². The van der Waals surface area contributed by atoms with Gasteiger partial charge in [-0.25, -0.2) is 0 Å². The minimum Gasteiger partial charge on any atom is -0.318 e. The molecule has 0 unspecified atom stereocenters. The lowest BCUT2D eigenvalue weighted by Crippen LogP contribution is -2.00. The van der Waals surface area contributed by atoms with Gasteiger partial charge in [0.25, 0.3) is 0 Å². The molecule has 0 bridgehead atoms. The van der Waals surface area contributed by atoms with Crippen LogP contribution in [0.2, 0.25) is 15.1 Å². The van der Waals surface area contributed by atoms with Crippen molar-refractivity contribution in [3.63, 3.8) is 0 Å². The van der Waals surface area contributed by atoms with Gasteiger partial charge in [-0.1, -0.05) is 34.8 Å². The van der Waals surface area contributed by atoms with Gasteiger partial charge in [0.1, 0.15) is 0 Å². The summed E-state index contributed by atoms with van der Waals surface area (Å²) in [5, 5.41) is 5.61. The second kappa shape index (κ2) is 8.21. The Morgan fingerprint density at radius 3 is 2.23 bits per heavy atom. The Labute approximate surface area is 181 Å². The van der Waals surface area contributed by atoms with Crippen LogP contribution in [0, 0.1) is 17.4 Å². The van der Waals surface area contributed by atoms with E-state index in [-0.39, 0.29) is 0 Å². The summed E-state index contributed by atoms with van der Waals surface area (Å²) < 4.78 is 3.40. The van der Waals surface area contributed by atoms with Gasteiger partial charge in [-0.2, -0.15) is 5.10 Å². The van der Waals surface area contributed by atoms with Gasteiger partial charge in [0.05, 0.1) is 21.9 Å². The number of aromatic nitrogens is 1. The standard InChI is InChI=1S/C19H15Cl3IN3/c1-11-7-13(12(2)26(11)16-5-3-15(23)4-6-16)10-24-25-19-17(21)8-14(20)9-18(19)22/h3-10,25H,1-2H3. The SMILES string of the molecule is Cc1cc(C=NNc2c(Cl)cc(Cl)cc2Cl)c(C)n1-c1ccc(I)cc1. The molecule has 26 heavy (non-hydrogen) atoms. The van der Waals surface area contributed by atoms with Gasteiger partial charge in [0.2, 0.25) is 0 Å². The number of rotatable bonds is 4. The van der Waals surface area contributed by atoms with Crippen LogP contribution in [0.1, 0.15) is 17.0 Å². The maximum absolute atomic E-state index is 6.16. The Morgan fingerprint density at radius 1 is 1.00 bits per heavy atom. The van der Waals surface area contributed by atoms with E-state index in [2.05, 4.69) is 81.9 Å². The van der Waals surface area contributed by atoms with Gasteiger partial charge in [-0.05, 0) is 78.9 Å². The van der Waals surface area contributed by atoms with Gasteiger partial charge in [0, 0.05) is 31.2 Å². The molecule has 0 atom stereocenters. The number of halogens is 4. The zero-order chi connectivity index (χ0) is 18.8. The van der Waals surface area contributed by atoms with Gasteiger partial charge >= 0.3 is 0 Å². The number of hydrogen-bond acceptors (Lipinski definition) is 2. The molecule has 3 aromatic rings. The van der Waals surface area contributed by atoms with Crippen molar-refractivity contribution in [2.24, 2.45) is 5.10 Å². The van der Waals surface area contributed by atoms with Crippen molar-refractivity contribution < 1.29 is 0 Å². The third-order valence-corrected chi connectivity index (χ3v) is 5.48. The quantitative estimate of drug-likeness (QED) is 0.223. The first-order valence-corrected chi connectivity index (χ1v) is 9.96. The molecule has 0 saturated heterocycles. The van der Waals surface area contributed by atoms with E-state index in [0.717, 1.165) is 22.6 Å². The molecule has 1 heterocycles. The van der Waals surface area contributed by atoms with E-state index >= 15 is 0 Å². The van der Waals surface area contributed by atoms with E-state index in [1.807, 2.05) is 0 Å². The van der Waals surface area contributed by atoms with Crippen LogP contribution in [-0.4, -0.2) is 10.8 Å². The van der Waals surface area contributed by atoms with Crippen molar-refractivity contribution in [1.29, 1.82) is 0 Å². The van der Waals surface area contributed by atoms with Crippen LogP contribution in [0.3, 0.4) is 0 Å². The number of hydrogen-bond donors (Lipinski definition) is 1. The average Bonchev–Trinajstić information content (AvgIpc) is 2.85. The lowest BCUT2D eigenvalue weighted by molar-refractivity contribution is 0.964. The fourth-order valence-corrected chi connectivity index (χ4v) is 3.98. The van der Waals surface area contributed by atoms with Crippen LogP contribution in [0.4, 0.5) is 5.69 Å². The van der Waals surface area contributed by atoms with Crippen molar-refractivity contribution in [2.45, 2.75) is 13.8 Å². The van der Waals surface area contributed by atoms with Crippen molar-refractivity contribution in [3.8, 4) is 5.69 Å². The molecular formula is C19H15Cl3IN3. The van der Waals surface area contributed by atoms with E-state index in [0.29, 0.717) is 20.8 Å². The number of aryl methyl sites for hydroxylation is 1. The maximum Gasteiger partial charge on any atom is 0.0935 e. The largest absolute Gasteiger partial charge is 0.318 e. The highest BCUT2D eigenvalue weighted by molar-refractivity contribution is 14.1. The molecule has 3 nitrogen and oxygen atoms in total. The Bertz CT molecular complexity index is 955. The topological polar surface area (TPSA) is 29.3 Å². The van der Waals surface area contributed by atoms with Crippen molar-refractivity contribution in [1.82, 2.24) is 4.57 Å². The summed E-state index contributed by atoms with van der Waals surface area (Å²) in [7, 11) is 0. The van der Waals surface area contributed by atoms with Crippen LogP contribution in [0.15, 0.2) is 47.6 Å². The van der Waals surface area contributed by atoms with Crippen LogP contribution < -0.4 is 5.43 Å². The highest BCUT2D eigenvalue weighted by atomic mass is 127. The minimum absolute atomic E-state index is 0.420. The first-order chi connectivity index (χ1) is 12.4. The molecule has 3 rings (SSSR count). The Kier molecular flexibility index (Phi) is 6.17. The molecule has 1 aromatic heterocycles. The molecule has 0 aliphatic rings. The van der Waals surface area contributed by atoms with E-state index in [1.165, 1.54) is 3.57 Å². The third kappa shape index (κ3) is 4.19. The van der Waals surface area contributed by atoms with Crippen LogP contribution in [-0.2, 0) is 0 Å². The van der Waals surface area contributed by atoms with Gasteiger partial charge < -0.3 is 4.57 Å². The molecule has 2 aromatic carbocycles. The summed E-state index contributed by atoms with van der Waals surface area (Å²) in [6.45, 7) is 4.14. The highest BCUT2D eigenvalue weighted by Gasteiger charge is 2.10. The highest BCUT2D eigenvalue weighted by Crippen LogP contribution is 2.33. The smallest absolute Gasteiger partial charge is 0.0935 e.